The number of nitrogens with zero attached hydrogens (tertiary/aromatic N) is 2. The summed E-state index contributed by atoms with van der Waals surface area (Å²) in [6.45, 7) is 5.75. The van der Waals surface area contributed by atoms with E-state index >= 15 is 0 Å². The maximum absolute atomic E-state index is 14.2. The second-order valence-corrected chi connectivity index (χ2v) is 16.5. The number of piperazine rings is 1. The minimum Gasteiger partial charge on any atom is -0.453 e. The van der Waals surface area contributed by atoms with E-state index in [9.17, 15) is 31.6 Å². The van der Waals surface area contributed by atoms with Gasteiger partial charge in [0.25, 0.3) is 0 Å². The first-order chi connectivity index (χ1) is 25.2. The molecule has 1 heterocycles. The SMILES string of the molecule is COC(=O)N[C@H](C(=O)N[C@H]1CCC[C@@H]1CC[C@H]1CN(C(=O)OC(C)(C)C)CCN1S(=O)(=O)c1ccccc1)C(c1ccc(F)cc1)c1ccc(F)cc1. The number of rotatable bonds is 11. The summed E-state index contributed by atoms with van der Waals surface area (Å²) >= 11 is 0. The minimum atomic E-state index is -3.88. The molecule has 2 fully saturated rings. The Balaban J connectivity index is 1.37. The molecule has 0 spiro atoms. The quantitative estimate of drug-likeness (QED) is 0.238. The number of sulfonamides is 1. The van der Waals surface area contributed by atoms with Crippen LogP contribution >= 0.6 is 0 Å². The Bertz CT molecular complexity index is 1780. The van der Waals surface area contributed by atoms with E-state index < -0.39 is 63.4 Å². The third-order valence-electron chi connectivity index (χ3n) is 9.82. The second kappa shape index (κ2) is 17.1. The zero-order valence-corrected chi connectivity index (χ0v) is 31.3. The molecule has 0 radical (unpaired) electrons. The molecule has 1 saturated heterocycles. The van der Waals surface area contributed by atoms with Crippen LogP contribution in [0.5, 0.6) is 0 Å². The van der Waals surface area contributed by atoms with Gasteiger partial charge in [0.05, 0.1) is 12.0 Å². The molecule has 3 aromatic rings. The van der Waals surface area contributed by atoms with Crippen molar-refractivity contribution in [2.75, 3.05) is 26.7 Å². The van der Waals surface area contributed by atoms with E-state index in [0.717, 1.165) is 12.8 Å². The molecule has 286 valence electrons. The molecule has 11 nitrogen and oxygen atoms in total. The van der Waals surface area contributed by atoms with Crippen LogP contribution in [-0.4, -0.2) is 86.2 Å². The number of alkyl carbamates (subject to hydrolysis) is 1. The van der Waals surface area contributed by atoms with Crippen LogP contribution in [0.15, 0.2) is 83.8 Å². The Hall–Kier alpha value is -4.56. The van der Waals surface area contributed by atoms with Crippen LogP contribution in [0, 0.1) is 17.6 Å². The van der Waals surface area contributed by atoms with E-state index in [2.05, 4.69) is 10.6 Å². The van der Waals surface area contributed by atoms with Crippen molar-refractivity contribution in [3.05, 3.63) is 102 Å². The Morgan fingerprint density at radius 2 is 1.47 bits per heavy atom. The summed E-state index contributed by atoms with van der Waals surface area (Å²) in [5.41, 5.74) is 0.315. The van der Waals surface area contributed by atoms with Crippen molar-refractivity contribution in [1.29, 1.82) is 0 Å². The van der Waals surface area contributed by atoms with Crippen molar-refractivity contribution < 1.29 is 41.1 Å². The molecule has 0 aromatic heterocycles. The average Bonchev–Trinajstić information content (AvgIpc) is 3.57. The van der Waals surface area contributed by atoms with E-state index in [4.69, 9.17) is 9.47 Å². The molecule has 0 unspecified atom stereocenters. The Morgan fingerprint density at radius 3 is 2.04 bits per heavy atom. The number of hydrogen-bond acceptors (Lipinski definition) is 7. The highest BCUT2D eigenvalue weighted by molar-refractivity contribution is 7.89. The zero-order chi connectivity index (χ0) is 38.3. The van der Waals surface area contributed by atoms with Gasteiger partial charge >= 0.3 is 12.2 Å². The first-order valence-corrected chi connectivity index (χ1v) is 19.3. The monoisotopic (exact) mass is 754 g/mol. The Kier molecular flexibility index (Phi) is 12.8. The Morgan fingerprint density at radius 1 is 0.868 bits per heavy atom. The van der Waals surface area contributed by atoms with Gasteiger partial charge < -0.3 is 25.0 Å². The van der Waals surface area contributed by atoms with Crippen LogP contribution in [0.1, 0.15) is 69.9 Å². The number of benzene rings is 3. The summed E-state index contributed by atoms with van der Waals surface area (Å²) in [7, 11) is -2.70. The standard InChI is InChI=1S/C39H48F2N4O7S/c1-39(2,3)52-38(48)44-23-24-45(53(49,50)32-10-6-5-7-11-32)31(25-44)22-17-26-9-8-12-33(26)42-36(46)35(43-37(47)51-4)34(27-13-18-29(40)19-14-27)28-15-20-30(41)21-16-28/h5-7,10-11,13-16,18-21,26,31,33-35H,8-9,12,17,22-25H2,1-4H3,(H,42,46)(H,43,47)/t26-,31+,33+,35+/m1/s1. The lowest BCUT2D eigenvalue weighted by molar-refractivity contribution is -0.124. The average molecular weight is 755 g/mol. The van der Waals surface area contributed by atoms with Crippen LogP contribution in [0.3, 0.4) is 0 Å². The minimum absolute atomic E-state index is 0.0361. The van der Waals surface area contributed by atoms with Gasteiger partial charge in [-0.05, 0) is 99.9 Å². The molecular formula is C39H48F2N4O7S. The van der Waals surface area contributed by atoms with E-state index in [1.54, 1.807) is 56.0 Å². The summed E-state index contributed by atoms with van der Waals surface area (Å²) in [5, 5.41) is 5.79. The molecule has 2 aliphatic rings. The van der Waals surface area contributed by atoms with Gasteiger partial charge in [-0.1, -0.05) is 48.9 Å². The van der Waals surface area contributed by atoms with Gasteiger partial charge in [0.2, 0.25) is 15.9 Å². The van der Waals surface area contributed by atoms with Crippen LogP contribution in [0.4, 0.5) is 18.4 Å². The fourth-order valence-electron chi connectivity index (χ4n) is 7.27. The fraction of sp³-hybridized carbons (Fsp3) is 0.462. The summed E-state index contributed by atoms with van der Waals surface area (Å²) in [6.07, 6.45) is 1.84. The molecule has 1 saturated carbocycles. The van der Waals surface area contributed by atoms with Crippen LogP contribution in [-0.2, 0) is 24.3 Å². The van der Waals surface area contributed by atoms with Gasteiger partial charge in [-0.3, -0.25) is 4.79 Å². The highest BCUT2D eigenvalue weighted by atomic mass is 32.2. The van der Waals surface area contributed by atoms with Crippen molar-refractivity contribution in [2.24, 2.45) is 5.92 Å². The predicted molar refractivity (Wildman–Crippen MR) is 194 cm³/mol. The number of halogens is 2. The van der Waals surface area contributed by atoms with E-state index in [1.807, 2.05) is 0 Å². The molecule has 1 aliphatic carbocycles. The molecule has 2 N–H and O–H groups in total. The predicted octanol–water partition coefficient (Wildman–Crippen LogP) is 6.20. The lowest BCUT2D eigenvalue weighted by Gasteiger charge is -2.41. The number of carbonyl (C=O) groups excluding carboxylic acids is 3. The van der Waals surface area contributed by atoms with E-state index in [-0.39, 0.29) is 36.5 Å². The molecule has 3 aromatic carbocycles. The van der Waals surface area contributed by atoms with Gasteiger partial charge in [0.15, 0.2) is 0 Å². The maximum Gasteiger partial charge on any atom is 0.410 e. The lowest BCUT2D eigenvalue weighted by atomic mass is 9.84. The molecule has 53 heavy (non-hydrogen) atoms. The first-order valence-electron chi connectivity index (χ1n) is 17.9. The molecular weight excluding hydrogens is 707 g/mol. The number of carbonyl (C=O) groups is 3. The van der Waals surface area contributed by atoms with Crippen molar-refractivity contribution in [3.8, 4) is 0 Å². The summed E-state index contributed by atoms with van der Waals surface area (Å²) in [4.78, 5) is 41.7. The van der Waals surface area contributed by atoms with E-state index in [0.29, 0.717) is 30.4 Å². The molecule has 4 atom stereocenters. The number of nitrogens with one attached hydrogen (secondary N) is 2. The topological polar surface area (TPSA) is 134 Å². The third-order valence-corrected chi connectivity index (χ3v) is 11.8. The largest absolute Gasteiger partial charge is 0.453 e. The Labute approximate surface area is 310 Å². The number of methoxy groups -OCH3 is 1. The first kappa shape index (κ1) is 39.6. The normalized spacial score (nSPS) is 20.1. The van der Waals surface area contributed by atoms with Crippen molar-refractivity contribution >= 4 is 28.1 Å². The number of amides is 3. The van der Waals surface area contributed by atoms with Crippen LogP contribution < -0.4 is 10.6 Å². The third kappa shape index (κ3) is 10.1. The van der Waals surface area contributed by atoms with Crippen LogP contribution in [0.25, 0.3) is 0 Å². The van der Waals surface area contributed by atoms with Crippen molar-refractivity contribution in [2.45, 2.75) is 87.4 Å². The maximum atomic E-state index is 14.2. The van der Waals surface area contributed by atoms with Gasteiger partial charge in [-0.25, -0.2) is 26.8 Å². The van der Waals surface area contributed by atoms with Crippen molar-refractivity contribution in [3.63, 3.8) is 0 Å². The fourth-order valence-corrected chi connectivity index (χ4v) is 8.92. The summed E-state index contributed by atoms with van der Waals surface area (Å²) < 4.78 is 67.7. The lowest BCUT2D eigenvalue weighted by Crippen LogP contribution is -2.57. The van der Waals surface area contributed by atoms with E-state index in [1.165, 1.54) is 59.9 Å². The van der Waals surface area contributed by atoms with Crippen LogP contribution in [0.2, 0.25) is 0 Å². The number of hydrogen-bond donors (Lipinski definition) is 2. The molecule has 14 heteroatoms. The molecule has 5 rings (SSSR count). The molecule has 0 bridgehead atoms. The molecule has 3 amide bonds. The molecule has 1 aliphatic heterocycles. The van der Waals surface area contributed by atoms with Crippen molar-refractivity contribution in [1.82, 2.24) is 19.8 Å². The smallest absolute Gasteiger partial charge is 0.410 e. The summed E-state index contributed by atoms with van der Waals surface area (Å²) in [6, 6.07) is 17.2. The second-order valence-electron chi connectivity index (χ2n) is 14.6. The van der Waals surface area contributed by atoms with Gasteiger partial charge in [0.1, 0.15) is 23.3 Å². The highest BCUT2D eigenvalue weighted by Crippen LogP contribution is 2.34. The van der Waals surface area contributed by atoms with Gasteiger partial charge in [-0.2, -0.15) is 4.31 Å². The van der Waals surface area contributed by atoms with Gasteiger partial charge in [-0.15, -0.1) is 0 Å². The highest BCUT2D eigenvalue weighted by Gasteiger charge is 2.41. The number of ether oxygens (including phenoxy) is 2. The summed E-state index contributed by atoms with van der Waals surface area (Å²) in [5.74, 6) is -2.33. The zero-order valence-electron chi connectivity index (χ0n) is 30.5. The van der Waals surface area contributed by atoms with Gasteiger partial charge in [0, 0.05) is 37.6 Å².